The zero-order valence-electron chi connectivity index (χ0n) is 8.29. The molecule has 1 N–H and O–H groups in total. The van der Waals surface area contributed by atoms with Gasteiger partial charge in [0, 0.05) is 5.71 Å². The van der Waals surface area contributed by atoms with Crippen LogP contribution in [0.4, 0.5) is 0 Å². The molecule has 0 heterocycles. The van der Waals surface area contributed by atoms with Gasteiger partial charge in [-0.3, -0.25) is 0 Å². The molecule has 0 aliphatic heterocycles. The van der Waals surface area contributed by atoms with Crippen LogP contribution < -0.4 is 4.83 Å². The van der Waals surface area contributed by atoms with E-state index in [1.807, 2.05) is 0 Å². The average molecular weight is 204 g/mol. The maximum atomic E-state index is 10.7. The van der Waals surface area contributed by atoms with Crippen molar-refractivity contribution in [3.8, 4) is 0 Å². The molecule has 13 heavy (non-hydrogen) atoms. The van der Waals surface area contributed by atoms with Gasteiger partial charge in [-0.15, -0.1) is 0 Å². The van der Waals surface area contributed by atoms with Crippen molar-refractivity contribution < 1.29 is 8.42 Å². The molecule has 1 saturated carbocycles. The first kappa shape index (κ1) is 10.5. The molecule has 0 atom stereocenters. The number of hydrogen-bond acceptors (Lipinski definition) is 3. The van der Waals surface area contributed by atoms with Crippen LogP contribution in [0.2, 0.25) is 0 Å². The van der Waals surface area contributed by atoms with Gasteiger partial charge in [-0.2, -0.15) is 5.10 Å². The van der Waals surface area contributed by atoms with Crippen molar-refractivity contribution in [2.24, 2.45) is 10.5 Å². The van der Waals surface area contributed by atoms with Crippen LogP contribution in [0, 0.1) is 5.41 Å². The van der Waals surface area contributed by atoms with Crippen LogP contribution in [0.5, 0.6) is 0 Å². The lowest BCUT2D eigenvalue weighted by Crippen LogP contribution is -2.17. The third-order valence-electron chi connectivity index (χ3n) is 2.14. The van der Waals surface area contributed by atoms with Crippen molar-refractivity contribution in [3.05, 3.63) is 0 Å². The van der Waals surface area contributed by atoms with E-state index in [-0.39, 0.29) is 5.41 Å². The predicted molar refractivity (Wildman–Crippen MR) is 53.0 cm³/mol. The minimum absolute atomic E-state index is 0.276. The fourth-order valence-corrected chi connectivity index (χ4v) is 1.75. The minimum atomic E-state index is -3.19. The Hall–Kier alpha value is -0.580. The maximum absolute atomic E-state index is 10.7. The summed E-state index contributed by atoms with van der Waals surface area (Å²) in [5, 5.41) is 3.87. The Morgan fingerprint density at radius 2 is 2.08 bits per heavy atom. The second-order valence-corrected chi connectivity index (χ2v) is 6.11. The van der Waals surface area contributed by atoms with Crippen molar-refractivity contribution in [1.82, 2.24) is 4.83 Å². The third-order valence-corrected chi connectivity index (χ3v) is 2.57. The molecule has 0 bridgehead atoms. The molecule has 1 aliphatic rings. The average Bonchev–Trinajstić information content (AvgIpc) is 2.24. The Kier molecular flexibility index (Phi) is 2.66. The topological polar surface area (TPSA) is 58.5 Å². The molecule has 0 aromatic rings. The van der Waals surface area contributed by atoms with Gasteiger partial charge in [0.2, 0.25) is 10.0 Å². The van der Waals surface area contributed by atoms with Gasteiger partial charge in [0.15, 0.2) is 0 Å². The normalized spacial score (nSPS) is 25.0. The van der Waals surface area contributed by atoms with E-state index in [2.05, 4.69) is 23.8 Å². The van der Waals surface area contributed by atoms with Crippen LogP contribution in [0.1, 0.15) is 33.1 Å². The fourth-order valence-electron chi connectivity index (χ4n) is 1.45. The molecule has 0 amide bonds. The molecule has 0 spiro atoms. The fraction of sp³-hybridized carbons (Fsp3) is 0.875. The molecular formula is C8H16N2O2S. The first-order chi connectivity index (χ1) is 5.79. The van der Waals surface area contributed by atoms with Gasteiger partial charge in [0.1, 0.15) is 0 Å². The van der Waals surface area contributed by atoms with Gasteiger partial charge in [0.05, 0.1) is 6.26 Å². The molecule has 1 fully saturated rings. The summed E-state index contributed by atoms with van der Waals surface area (Å²) < 4.78 is 21.5. The van der Waals surface area contributed by atoms with E-state index in [0.717, 1.165) is 31.2 Å². The molecule has 0 saturated heterocycles. The van der Waals surface area contributed by atoms with Crippen molar-refractivity contribution in [2.75, 3.05) is 6.26 Å². The molecule has 0 radical (unpaired) electrons. The quantitative estimate of drug-likeness (QED) is 0.685. The third kappa shape index (κ3) is 3.76. The summed E-state index contributed by atoms with van der Waals surface area (Å²) >= 11 is 0. The lowest BCUT2D eigenvalue weighted by Gasteiger charge is -2.13. The van der Waals surface area contributed by atoms with E-state index in [4.69, 9.17) is 0 Å². The molecule has 5 heteroatoms. The van der Waals surface area contributed by atoms with Crippen LogP contribution in [0.3, 0.4) is 0 Å². The van der Waals surface area contributed by atoms with Crippen LogP contribution in [-0.2, 0) is 10.0 Å². The Morgan fingerprint density at radius 3 is 2.46 bits per heavy atom. The highest BCUT2D eigenvalue weighted by Gasteiger charge is 2.27. The van der Waals surface area contributed by atoms with Crippen LogP contribution >= 0.6 is 0 Å². The zero-order chi connectivity index (χ0) is 10.1. The Morgan fingerprint density at radius 1 is 1.46 bits per heavy atom. The highest BCUT2D eigenvalue weighted by molar-refractivity contribution is 7.88. The molecule has 1 aliphatic carbocycles. The second-order valence-electron chi connectivity index (χ2n) is 4.38. The van der Waals surface area contributed by atoms with Gasteiger partial charge in [-0.25, -0.2) is 13.2 Å². The van der Waals surface area contributed by atoms with Crippen molar-refractivity contribution >= 4 is 15.7 Å². The summed E-state index contributed by atoms with van der Waals surface area (Å²) in [4.78, 5) is 2.16. The van der Waals surface area contributed by atoms with Crippen LogP contribution in [0.25, 0.3) is 0 Å². The number of sulfonamides is 1. The molecule has 0 aromatic carbocycles. The monoisotopic (exact) mass is 204 g/mol. The summed E-state index contributed by atoms with van der Waals surface area (Å²) in [6, 6.07) is 0. The SMILES string of the molecule is CC1(C)CC/C(=N\NS(C)(=O)=O)C1. The van der Waals surface area contributed by atoms with Crippen molar-refractivity contribution in [1.29, 1.82) is 0 Å². The number of nitrogens with zero attached hydrogens (tertiary/aromatic N) is 1. The maximum Gasteiger partial charge on any atom is 0.244 e. The van der Waals surface area contributed by atoms with Gasteiger partial charge >= 0.3 is 0 Å². The summed E-state index contributed by atoms with van der Waals surface area (Å²) in [7, 11) is -3.19. The highest BCUT2D eigenvalue weighted by Crippen LogP contribution is 2.34. The Bertz CT molecular complexity index is 317. The van der Waals surface area contributed by atoms with Gasteiger partial charge in [-0.05, 0) is 24.7 Å². The van der Waals surface area contributed by atoms with E-state index < -0.39 is 10.0 Å². The van der Waals surface area contributed by atoms with E-state index in [0.29, 0.717) is 0 Å². The first-order valence-electron chi connectivity index (χ1n) is 4.31. The lowest BCUT2D eigenvalue weighted by molar-refractivity contribution is 0.393. The van der Waals surface area contributed by atoms with E-state index in [1.54, 1.807) is 0 Å². The molecule has 0 aromatic heterocycles. The standard InChI is InChI=1S/C8H16N2O2S/c1-8(2)5-4-7(6-8)9-10-13(3,11)12/h10H,4-6H2,1-3H3/b9-7+. The lowest BCUT2D eigenvalue weighted by atomic mass is 9.92. The highest BCUT2D eigenvalue weighted by atomic mass is 32.2. The van der Waals surface area contributed by atoms with E-state index in [9.17, 15) is 8.42 Å². The summed E-state index contributed by atoms with van der Waals surface area (Å²) in [5.74, 6) is 0. The Balaban J connectivity index is 2.57. The molecular weight excluding hydrogens is 188 g/mol. The smallest absolute Gasteiger partial charge is 0.206 e. The number of hydrogen-bond donors (Lipinski definition) is 1. The van der Waals surface area contributed by atoms with Crippen molar-refractivity contribution in [3.63, 3.8) is 0 Å². The van der Waals surface area contributed by atoms with Gasteiger partial charge < -0.3 is 0 Å². The predicted octanol–water partition coefficient (Wildman–Crippen LogP) is 1.10. The number of nitrogens with one attached hydrogen (secondary N) is 1. The second kappa shape index (κ2) is 3.29. The largest absolute Gasteiger partial charge is 0.244 e. The minimum Gasteiger partial charge on any atom is -0.206 e. The summed E-state index contributed by atoms with van der Waals surface area (Å²) in [5.41, 5.74) is 1.23. The van der Waals surface area contributed by atoms with E-state index in [1.165, 1.54) is 0 Å². The van der Waals surface area contributed by atoms with Crippen molar-refractivity contribution in [2.45, 2.75) is 33.1 Å². The van der Waals surface area contributed by atoms with Crippen LogP contribution in [-0.4, -0.2) is 20.4 Å². The van der Waals surface area contributed by atoms with E-state index >= 15 is 0 Å². The molecule has 1 rings (SSSR count). The molecule has 0 unspecified atom stereocenters. The van der Waals surface area contributed by atoms with Gasteiger partial charge in [0.25, 0.3) is 0 Å². The Labute approximate surface area is 79.5 Å². The van der Waals surface area contributed by atoms with Crippen LogP contribution in [0.15, 0.2) is 5.10 Å². The molecule has 76 valence electrons. The summed E-state index contributed by atoms with van der Waals surface area (Å²) in [6.45, 7) is 4.33. The first-order valence-corrected chi connectivity index (χ1v) is 6.20. The zero-order valence-corrected chi connectivity index (χ0v) is 9.11. The van der Waals surface area contributed by atoms with Gasteiger partial charge in [-0.1, -0.05) is 13.8 Å². The number of rotatable bonds is 2. The number of hydrazone groups is 1. The summed E-state index contributed by atoms with van der Waals surface area (Å²) in [6.07, 6.45) is 3.97. The molecule has 4 nitrogen and oxygen atoms in total.